The molecule has 0 aliphatic heterocycles. The molecule has 3 rings (SSSR count). The van der Waals surface area contributed by atoms with Crippen molar-refractivity contribution >= 4 is 34.9 Å². The van der Waals surface area contributed by atoms with E-state index in [0.29, 0.717) is 35.2 Å². The van der Waals surface area contributed by atoms with E-state index in [4.69, 9.17) is 23.2 Å². The van der Waals surface area contributed by atoms with Gasteiger partial charge in [0, 0.05) is 12.5 Å². The summed E-state index contributed by atoms with van der Waals surface area (Å²) in [5, 5.41) is 8.20. The van der Waals surface area contributed by atoms with Crippen LogP contribution in [0.5, 0.6) is 0 Å². The van der Waals surface area contributed by atoms with Crippen LogP contribution in [0.25, 0.3) is 0 Å². The summed E-state index contributed by atoms with van der Waals surface area (Å²) in [5.41, 5.74) is 3.30. The van der Waals surface area contributed by atoms with Crippen LogP contribution >= 0.6 is 23.2 Å². The molecule has 0 spiro atoms. The normalized spacial score (nSPS) is 10.8. The average Bonchev–Trinajstić information content (AvgIpc) is 3.11. The Morgan fingerprint density at radius 3 is 2.56 bits per heavy atom. The molecule has 1 amide bonds. The van der Waals surface area contributed by atoms with Crippen LogP contribution < -0.4 is 5.32 Å². The molecule has 2 aromatic carbocycles. The van der Waals surface area contributed by atoms with E-state index in [0.717, 1.165) is 17.5 Å². The van der Waals surface area contributed by atoms with Gasteiger partial charge in [-0.25, -0.2) is 4.68 Å². The van der Waals surface area contributed by atoms with Gasteiger partial charge in [0.25, 0.3) is 0 Å². The van der Waals surface area contributed by atoms with E-state index >= 15 is 0 Å². The number of aryl methyl sites for hydroxylation is 2. The highest BCUT2D eigenvalue weighted by Crippen LogP contribution is 2.26. The summed E-state index contributed by atoms with van der Waals surface area (Å²) in [6.45, 7) is 2.56. The second-order valence-corrected chi connectivity index (χ2v) is 7.09. The quantitative estimate of drug-likeness (QED) is 0.578. The van der Waals surface area contributed by atoms with Gasteiger partial charge >= 0.3 is 0 Å². The Balaban J connectivity index is 1.60. The number of hydrogen-bond acceptors (Lipinski definition) is 2. The van der Waals surface area contributed by atoms with Crippen molar-refractivity contribution in [1.29, 1.82) is 0 Å². The van der Waals surface area contributed by atoms with E-state index in [1.807, 2.05) is 12.1 Å². The van der Waals surface area contributed by atoms with Crippen molar-refractivity contribution in [2.45, 2.75) is 32.7 Å². The van der Waals surface area contributed by atoms with E-state index in [2.05, 4.69) is 41.6 Å². The topological polar surface area (TPSA) is 46.9 Å². The third-order valence-corrected chi connectivity index (χ3v) is 5.27. The van der Waals surface area contributed by atoms with Gasteiger partial charge in [0.1, 0.15) is 5.82 Å². The highest BCUT2D eigenvalue weighted by molar-refractivity contribution is 6.42. The van der Waals surface area contributed by atoms with Crippen LogP contribution in [0.15, 0.2) is 54.7 Å². The zero-order valence-electron chi connectivity index (χ0n) is 15.1. The number of halogens is 2. The second kappa shape index (κ2) is 9.07. The lowest BCUT2D eigenvalue weighted by Gasteiger charge is -2.11. The fourth-order valence-electron chi connectivity index (χ4n) is 2.80. The highest BCUT2D eigenvalue weighted by Gasteiger charge is 2.11. The van der Waals surface area contributed by atoms with Gasteiger partial charge in [0.2, 0.25) is 5.91 Å². The Labute approximate surface area is 169 Å². The number of hydrogen-bond donors (Lipinski definition) is 1. The van der Waals surface area contributed by atoms with Crippen molar-refractivity contribution < 1.29 is 4.79 Å². The standard InChI is InChI=1S/C21H21Cl2N3O/c1-2-15-6-8-16(9-7-15)10-11-20(27)25-19-12-13-24-26(19)14-17-4-3-5-18(22)21(17)23/h3-9,12-13H,2,10-11,14H2,1H3,(H,25,27). The van der Waals surface area contributed by atoms with Crippen molar-refractivity contribution in [2.75, 3.05) is 5.32 Å². The molecule has 0 unspecified atom stereocenters. The number of carbonyl (C=O) groups is 1. The first-order valence-electron chi connectivity index (χ1n) is 8.89. The third-order valence-electron chi connectivity index (χ3n) is 4.41. The van der Waals surface area contributed by atoms with Crippen LogP contribution in [-0.2, 0) is 24.2 Å². The maximum absolute atomic E-state index is 12.3. The molecule has 0 atom stereocenters. The zero-order chi connectivity index (χ0) is 19.2. The van der Waals surface area contributed by atoms with E-state index < -0.39 is 0 Å². The summed E-state index contributed by atoms with van der Waals surface area (Å²) in [5.74, 6) is 0.589. The van der Waals surface area contributed by atoms with Gasteiger partial charge in [0.15, 0.2) is 0 Å². The minimum absolute atomic E-state index is 0.0477. The monoisotopic (exact) mass is 401 g/mol. The Hall–Kier alpha value is -2.30. The number of benzene rings is 2. The van der Waals surface area contributed by atoms with Crippen LogP contribution in [0, 0.1) is 0 Å². The summed E-state index contributed by atoms with van der Waals surface area (Å²) < 4.78 is 1.70. The Morgan fingerprint density at radius 1 is 1.07 bits per heavy atom. The maximum Gasteiger partial charge on any atom is 0.225 e. The molecule has 1 aromatic heterocycles. The Morgan fingerprint density at radius 2 is 1.81 bits per heavy atom. The second-order valence-electron chi connectivity index (χ2n) is 6.31. The van der Waals surface area contributed by atoms with E-state index in [-0.39, 0.29) is 5.91 Å². The fraction of sp³-hybridized carbons (Fsp3) is 0.238. The van der Waals surface area contributed by atoms with Crippen LogP contribution in [0.1, 0.15) is 30.0 Å². The van der Waals surface area contributed by atoms with Gasteiger partial charge in [0.05, 0.1) is 22.8 Å². The van der Waals surface area contributed by atoms with Gasteiger partial charge in [-0.2, -0.15) is 5.10 Å². The number of carbonyl (C=O) groups excluding carboxylic acids is 1. The molecule has 6 heteroatoms. The first-order valence-corrected chi connectivity index (χ1v) is 9.64. The van der Waals surface area contributed by atoms with Crippen LogP contribution in [0.4, 0.5) is 5.82 Å². The SMILES string of the molecule is CCc1ccc(CCC(=O)Nc2ccnn2Cc2cccc(Cl)c2Cl)cc1. The van der Waals surface area contributed by atoms with Crippen molar-refractivity contribution in [3.8, 4) is 0 Å². The van der Waals surface area contributed by atoms with Gasteiger partial charge in [-0.05, 0) is 35.6 Å². The first-order chi connectivity index (χ1) is 13.1. The number of nitrogens with zero attached hydrogens (tertiary/aromatic N) is 2. The minimum Gasteiger partial charge on any atom is -0.311 e. The lowest BCUT2D eigenvalue weighted by Crippen LogP contribution is -2.16. The molecule has 0 fully saturated rings. The molecule has 4 nitrogen and oxygen atoms in total. The number of aromatic nitrogens is 2. The number of anilines is 1. The molecular weight excluding hydrogens is 381 g/mol. The molecule has 1 heterocycles. The van der Waals surface area contributed by atoms with Crippen LogP contribution in [0.2, 0.25) is 10.0 Å². The van der Waals surface area contributed by atoms with Crippen molar-refractivity contribution in [2.24, 2.45) is 0 Å². The molecule has 0 saturated carbocycles. The number of amides is 1. The molecule has 27 heavy (non-hydrogen) atoms. The molecule has 0 radical (unpaired) electrons. The molecule has 0 aliphatic carbocycles. The van der Waals surface area contributed by atoms with Gasteiger partial charge in [-0.3, -0.25) is 4.79 Å². The maximum atomic E-state index is 12.3. The van der Waals surface area contributed by atoms with Crippen molar-refractivity contribution in [3.63, 3.8) is 0 Å². The molecule has 0 bridgehead atoms. The lowest BCUT2D eigenvalue weighted by molar-refractivity contribution is -0.116. The van der Waals surface area contributed by atoms with Crippen LogP contribution in [0.3, 0.4) is 0 Å². The predicted molar refractivity (Wildman–Crippen MR) is 111 cm³/mol. The summed E-state index contributed by atoms with van der Waals surface area (Å²) >= 11 is 12.3. The predicted octanol–water partition coefficient (Wildman–Crippen LogP) is 5.37. The van der Waals surface area contributed by atoms with Crippen molar-refractivity contribution in [3.05, 3.63) is 81.5 Å². The van der Waals surface area contributed by atoms with E-state index in [9.17, 15) is 4.79 Å². The van der Waals surface area contributed by atoms with E-state index in [1.54, 1.807) is 23.0 Å². The Kier molecular flexibility index (Phi) is 6.54. The molecule has 140 valence electrons. The molecule has 0 aliphatic rings. The Bertz CT molecular complexity index is 919. The summed E-state index contributed by atoms with van der Waals surface area (Å²) in [6, 6.07) is 15.6. The zero-order valence-corrected chi connectivity index (χ0v) is 16.6. The molecule has 3 aromatic rings. The summed E-state index contributed by atoms with van der Waals surface area (Å²) in [7, 11) is 0. The van der Waals surface area contributed by atoms with Crippen LogP contribution in [-0.4, -0.2) is 15.7 Å². The van der Waals surface area contributed by atoms with Gasteiger partial charge < -0.3 is 5.32 Å². The van der Waals surface area contributed by atoms with E-state index in [1.165, 1.54) is 5.56 Å². The molecular formula is C21H21Cl2N3O. The first kappa shape index (κ1) is 19.5. The number of rotatable bonds is 7. The fourth-order valence-corrected chi connectivity index (χ4v) is 3.18. The third kappa shape index (κ3) is 5.12. The highest BCUT2D eigenvalue weighted by atomic mass is 35.5. The summed E-state index contributed by atoms with van der Waals surface area (Å²) in [6.07, 6.45) is 3.78. The van der Waals surface area contributed by atoms with Gasteiger partial charge in [-0.1, -0.05) is 66.5 Å². The molecule has 1 N–H and O–H groups in total. The molecule has 0 saturated heterocycles. The van der Waals surface area contributed by atoms with Gasteiger partial charge in [-0.15, -0.1) is 0 Å². The smallest absolute Gasteiger partial charge is 0.225 e. The lowest BCUT2D eigenvalue weighted by atomic mass is 10.1. The number of nitrogens with one attached hydrogen (secondary N) is 1. The average molecular weight is 402 g/mol. The summed E-state index contributed by atoms with van der Waals surface area (Å²) in [4.78, 5) is 12.3. The minimum atomic E-state index is -0.0477. The largest absolute Gasteiger partial charge is 0.311 e. The van der Waals surface area contributed by atoms with Crippen molar-refractivity contribution in [1.82, 2.24) is 9.78 Å².